The second-order valence-electron chi connectivity index (χ2n) is 7.74. The zero-order valence-corrected chi connectivity index (χ0v) is 18.7. The van der Waals surface area contributed by atoms with E-state index >= 15 is 0 Å². The Kier molecular flexibility index (Phi) is 6.73. The topological polar surface area (TPSA) is 98.5 Å². The maximum absolute atomic E-state index is 13.0. The van der Waals surface area contributed by atoms with Crippen molar-refractivity contribution in [3.8, 4) is 22.5 Å². The number of imidazole rings is 1. The number of aromatic amines is 1. The van der Waals surface area contributed by atoms with Crippen LogP contribution in [0.1, 0.15) is 49.2 Å². The van der Waals surface area contributed by atoms with E-state index < -0.39 is 0 Å². The number of rotatable bonds is 8. The molecular weight excluding hydrogens is 416 g/mol. The molecule has 0 saturated carbocycles. The van der Waals surface area contributed by atoms with Gasteiger partial charge in [0.1, 0.15) is 0 Å². The average Bonchev–Trinajstić information content (AvgIpc) is 3.48. The number of hydrogen-bond acceptors (Lipinski definition) is 5. The number of benzene rings is 2. The summed E-state index contributed by atoms with van der Waals surface area (Å²) in [6, 6.07) is 15.9. The minimum atomic E-state index is -0.309. The zero-order chi connectivity index (χ0) is 23.2. The van der Waals surface area contributed by atoms with Crippen LogP contribution < -0.4 is 5.69 Å². The van der Waals surface area contributed by atoms with Gasteiger partial charge in [0.05, 0.1) is 12.2 Å². The first kappa shape index (κ1) is 22.1. The molecule has 0 saturated heterocycles. The normalized spacial score (nSPS) is 11.3. The summed E-state index contributed by atoms with van der Waals surface area (Å²) in [5, 5.41) is 14.2. The standard InChI is InChI=1S/C25H26N6O2/c1-3-5-9-20-17-31(23(32)8-4-2)25(33)30(20)16-18-12-14-19(15-13-18)21-10-6-7-11-22(21)24-26-28-29-27-24/h5-7,9-15,17H,3-4,8,16H2,1-2H3,(H,26,27,28,29)/b9-5+. The molecule has 0 bridgehead atoms. The molecule has 2 heterocycles. The van der Waals surface area contributed by atoms with Gasteiger partial charge in [-0.05, 0) is 46.0 Å². The van der Waals surface area contributed by atoms with Crippen LogP contribution in [0.2, 0.25) is 0 Å². The van der Waals surface area contributed by atoms with Gasteiger partial charge in [-0.1, -0.05) is 68.5 Å². The molecule has 0 spiro atoms. The molecule has 4 rings (SSSR count). The van der Waals surface area contributed by atoms with Gasteiger partial charge in [-0.15, -0.1) is 5.10 Å². The number of H-pyrrole nitrogens is 1. The van der Waals surface area contributed by atoms with Crippen molar-refractivity contribution >= 4 is 12.0 Å². The van der Waals surface area contributed by atoms with Crippen LogP contribution in [0.5, 0.6) is 0 Å². The Balaban J connectivity index is 1.65. The molecule has 0 aliphatic heterocycles. The van der Waals surface area contributed by atoms with Crippen molar-refractivity contribution in [2.24, 2.45) is 0 Å². The van der Waals surface area contributed by atoms with Crippen molar-refractivity contribution in [1.29, 1.82) is 0 Å². The van der Waals surface area contributed by atoms with E-state index in [1.54, 1.807) is 10.8 Å². The van der Waals surface area contributed by atoms with Crippen molar-refractivity contribution < 1.29 is 4.79 Å². The molecule has 168 valence electrons. The lowest BCUT2D eigenvalue weighted by Gasteiger charge is -2.09. The first-order valence-corrected chi connectivity index (χ1v) is 11.1. The maximum atomic E-state index is 13.0. The molecule has 0 fully saturated rings. The van der Waals surface area contributed by atoms with Gasteiger partial charge in [-0.25, -0.2) is 14.5 Å². The van der Waals surface area contributed by atoms with E-state index in [1.165, 1.54) is 4.57 Å². The van der Waals surface area contributed by atoms with Gasteiger partial charge in [0.15, 0.2) is 5.82 Å². The number of nitrogens with one attached hydrogen (secondary N) is 1. The summed E-state index contributed by atoms with van der Waals surface area (Å²) in [7, 11) is 0. The molecule has 0 radical (unpaired) electrons. The molecule has 8 nitrogen and oxygen atoms in total. The Morgan fingerprint density at radius 3 is 2.48 bits per heavy atom. The summed E-state index contributed by atoms with van der Waals surface area (Å²) >= 11 is 0. The van der Waals surface area contributed by atoms with Crippen molar-refractivity contribution in [3.63, 3.8) is 0 Å². The highest BCUT2D eigenvalue weighted by atomic mass is 16.2. The molecular formula is C25H26N6O2. The van der Waals surface area contributed by atoms with E-state index in [1.807, 2.05) is 74.5 Å². The van der Waals surface area contributed by atoms with E-state index in [0.717, 1.165) is 34.4 Å². The minimum absolute atomic E-state index is 0.179. The predicted molar refractivity (Wildman–Crippen MR) is 128 cm³/mol. The molecule has 0 aliphatic rings. The van der Waals surface area contributed by atoms with Crippen LogP contribution in [0.4, 0.5) is 0 Å². The third kappa shape index (κ3) is 4.74. The largest absolute Gasteiger partial charge is 0.335 e. The van der Waals surface area contributed by atoms with E-state index in [9.17, 15) is 9.59 Å². The van der Waals surface area contributed by atoms with Crippen molar-refractivity contribution in [2.45, 2.75) is 39.7 Å². The average molecular weight is 443 g/mol. The molecule has 0 unspecified atom stereocenters. The third-order valence-electron chi connectivity index (χ3n) is 5.40. The fraction of sp³-hybridized carbons (Fsp3) is 0.240. The number of carbonyl (C=O) groups is 1. The first-order valence-electron chi connectivity index (χ1n) is 11.1. The summed E-state index contributed by atoms with van der Waals surface area (Å²) in [6.45, 7) is 4.34. The van der Waals surface area contributed by atoms with E-state index in [-0.39, 0.29) is 11.6 Å². The quantitative estimate of drug-likeness (QED) is 0.436. The molecule has 0 amide bonds. The van der Waals surface area contributed by atoms with E-state index in [2.05, 4.69) is 20.6 Å². The highest BCUT2D eigenvalue weighted by Gasteiger charge is 2.15. The summed E-state index contributed by atoms with van der Waals surface area (Å²) in [5.41, 5.74) is 4.30. The first-order chi connectivity index (χ1) is 16.1. The van der Waals surface area contributed by atoms with Crippen LogP contribution in [0.3, 0.4) is 0 Å². The number of carbonyl (C=O) groups excluding carboxylic acids is 1. The van der Waals surface area contributed by atoms with E-state index in [4.69, 9.17) is 0 Å². The van der Waals surface area contributed by atoms with Crippen LogP contribution in [-0.2, 0) is 6.54 Å². The zero-order valence-electron chi connectivity index (χ0n) is 18.7. The number of hydrogen-bond donors (Lipinski definition) is 1. The predicted octanol–water partition coefficient (Wildman–Crippen LogP) is 4.41. The Bertz CT molecular complexity index is 1310. The molecule has 2 aromatic carbocycles. The lowest BCUT2D eigenvalue weighted by molar-refractivity contribution is 0.0897. The summed E-state index contributed by atoms with van der Waals surface area (Å²) in [5.74, 6) is 0.424. The number of aromatic nitrogens is 6. The molecule has 33 heavy (non-hydrogen) atoms. The lowest BCUT2D eigenvalue weighted by Crippen LogP contribution is -2.29. The second-order valence-corrected chi connectivity index (χ2v) is 7.74. The molecule has 0 aliphatic carbocycles. The number of tetrazole rings is 1. The fourth-order valence-corrected chi connectivity index (χ4v) is 3.73. The number of nitrogens with zero attached hydrogens (tertiary/aromatic N) is 5. The van der Waals surface area contributed by atoms with Crippen LogP contribution in [0.15, 0.2) is 65.6 Å². The van der Waals surface area contributed by atoms with Gasteiger partial charge in [0.2, 0.25) is 5.91 Å². The van der Waals surface area contributed by atoms with E-state index in [0.29, 0.717) is 25.2 Å². The van der Waals surface area contributed by atoms with Gasteiger partial charge in [0.25, 0.3) is 0 Å². The lowest BCUT2D eigenvalue weighted by atomic mass is 9.98. The summed E-state index contributed by atoms with van der Waals surface area (Å²) < 4.78 is 2.87. The fourth-order valence-electron chi connectivity index (χ4n) is 3.73. The van der Waals surface area contributed by atoms with Gasteiger partial charge in [0, 0.05) is 18.2 Å². The summed E-state index contributed by atoms with van der Waals surface area (Å²) in [4.78, 5) is 25.4. The van der Waals surface area contributed by atoms with Crippen molar-refractivity contribution in [2.75, 3.05) is 0 Å². The van der Waals surface area contributed by atoms with Crippen LogP contribution in [0.25, 0.3) is 28.6 Å². The Labute approximate surface area is 191 Å². The highest BCUT2D eigenvalue weighted by Crippen LogP contribution is 2.29. The van der Waals surface area contributed by atoms with Crippen LogP contribution >= 0.6 is 0 Å². The maximum Gasteiger partial charge on any atom is 0.335 e. The molecule has 8 heteroatoms. The van der Waals surface area contributed by atoms with Crippen molar-refractivity contribution in [3.05, 3.63) is 82.5 Å². The smallest absolute Gasteiger partial charge is 0.288 e. The Morgan fingerprint density at radius 1 is 1.06 bits per heavy atom. The molecule has 1 N–H and O–H groups in total. The highest BCUT2D eigenvalue weighted by molar-refractivity contribution is 5.80. The second kappa shape index (κ2) is 10.0. The Hall–Kier alpha value is -4.07. The molecule has 4 aromatic rings. The van der Waals surface area contributed by atoms with Gasteiger partial charge in [-0.3, -0.25) is 9.36 Å². The Morgan fingerprint density at radius 2 is 1.82 bits per heavy atom. The monoisotopic (exact) mass is 442 g/mol. The summed E-state index contributed by atoms with van der Waals surface area (Å²) in [6.07, 6.45) is 7.41. The minimum Gasteiger partial charge on any atom is -0.288 e. The van der Waals surface area contributed by atoms with Gasteiger partial charge >= 0.3 is 5.69 Å². The van der Waals surface area contributed by atoms with Crippen molar-refractivity contribution in [1.82, 2.24) is 29.8 Å². The van der Waals surface area contributed by atoms with Gasteiger partial charge in [-0.2, -0.15) is 0 Å². The van der Waals surface area contributed by atoms with Gasteiger partial charge < -0.3 is 0 Å². The van der Waals surface area contributed by atoms with Crippen LogP contribution in [0, 0.1) is 0 Å². The SMILES string of the molecule is CC/C=C/c1cn(C(=O)CCC)c(=O)n1Cc1ccc(-c2ccccc2-c2nnn[nH]2)cc1. The third-order valence-corrected chi connectivity index (χ3v) is 5.40. The molecule has 0 atom stereocenters. The molecule has 2 aromatic heterocycles. The number of allylic oxidation sites excluding steroid dienone is 1. The van der Waals surface area contributed by atoms with Crippen LogP contribution in [-0.4, -0.2) is 35.7 Å².